The summed E-state index contributed by atoms with van der Waals surface area (Å²) in [5, 5.41) is 2.91. The van der Waals surface area contributed by atoms with Crippen LogP contribution in [0.15, 0.2) is 77.7 Å². The van der Waals surface area contributed by atoms with Gasteiger partial charge in [0.15, 0.2) is 0 Å². The van der Waals surface area contributed by atoms with Crippen LogP contribution < -0.4 is 9.62 Å². The number of nitrogens with one attached hydrogen (secondary N) is 1. The van der Waals surface area contributed by atoms with Gasteiger partial charge in [0.2, 0.25) is 11.8 Å². The molecular weight excluding hydrogens is 510 g/mol. The lowest BCUT2D eigenvalue weighted by Gasteiger charge is -2.33. The highest BCUT2D eigenvalue weighted by Crippen LogP contribution is 2.29. The molecule has 8 heteroatoms. The molecule has 0 unspecified atom stereocenters. The van der Waals surface area contributed by atoms with Gasteiger partial charge >= 0.3 is 0 Å². The Balaban J connectivity index is 2.08. The highest BCUT2D eigenvalue weighted by Gasteiger charge is 2.34. The SMILES string of the molecule is CCCNC(=O)[C@H](CC)N(Cc1cccc(C)c1)C(=O)CN(c1cccc(C)c1C)S(=O)(=O)c1ccccc1. The minimum atomic E-state index is -4.08. The average Bonchev–Trinajstić information content (AvgIpc) is 2.92. The van der Waals surface area contributed by atoms with Gasteiger partial charge in [0.1, 0.15) is 12.6 Å². The maximum absolute atomic E-state index is 14.1. The van der Waals surface area contributed by atoms with Gasteiger partial charge in [0, 0.05) is 13.1 Å². The van der Waals surface area contributed by atoms with E-state index in [1.807, 2.05) is 65.0 Å². The second-order valence-corrected chi connectivity index (χ2v) is 11.6. The molecule has 3 aromatic rings. The smallest absolute Gasteiger partial charge is 0.264 e. The second-order valence-electron chi connectivity index (χ2n) is 9.77. The van der Waals surface area contributed by atoms with E-state index in [0.717, 1.165) is 28.7 Å². The van der Waals surface area contributed by atoms with Crippen molar-refractivity contribution < 1.29 is 18.0 Å². The summed E-state index contributed by atoms with van der Waals surface area (Å²) in [6, 6.07) is 20.5. The standard InChI is InChI=1S/C31H39N3O4S/c1-6-19-32-31(36)28(7-2)33(21-26-15-11-13-23(3)20-26)30(35)22-34(29-18-12-14-24(4)25(29)5)39(37,38)27-16-9-8-10-17-27/h8-18,20,28H,6-7,19,21-22H2,1-5H3,(H,32,36)/t28-/m0/s1. The molecule has 2 amide bonds. The number of hydrogen-bond acceptors (Lipinski definition) is 4. The zero-order chi connectivity index (χ0) is 28.6. The minimum absolute atomic E-state index is 0.0941. The van der Waals surface area contributed by atoms with Gasteiger partial charge in [-0.05, 0) is 68.5 Å². The Morgan fingerprint density at radius 2 is 1.59 bits per heavy atom. The lowest BCUT2D eigenvalue weighted by molar-refractivity contribution is -0.140. The van der Waals surface area contributed by atoms with Crippen LogP contribution >= 0.6 is 0 Å². The molecule has 0 bridgehead atoms. The van der Waals surface area contributed by atoms with Crippen LogP contribution in [0.2, 0.25) is 0 Å². The van der Waals surface area contributed by atoms with E-state index in [1.54, 1.807) is 30.3 Å². The molecule has 1 atom stereocenters. The molecule has 39 heavy (non-hydrogen) atoms. The quantitative estimate of drug-likeness (QED) is 0.339. The zero-order valence-corrected chi connectivity index (χ0v) is 24.3. The van der Waals surface area contributed by atoms with Gasteiger partial charge < -0.3 is 10.2 Å². The fourth-order valence-electron chi connectivity index (χ4n) is 4.53. The average molecular weight is 550 g/mol. The van der Waals surface area contributed by atoms with E-state index in [0.29, 0.717) is 18.7 Å². The summed E-state index contributed by atoms with van der Waals surface area (Å²) < 4.78 is 29.1. The lowest BCUT2D eigenvalue weighted by atomic mass is 10.1. The van der Waals surface area contributed by atoms with Crippen molar-refractivity contribution in [2.45, 2.75) is 64.9 Å². The third kappa shape index (κ3) is 7.26. The number of carbonyl (C=O) groups excluding carboxylic acids is 2. The van der Waals surface area contributed by atoms with Crippen LogP contribution in [0.25, 0.3) is 0 Å². The third-order valence-corrected chi connectivity index (χ3v) is 8.60. The molecule has 0 radical (unpaired) electrons. The number of benzene rings is 3. The topological polar surface area (TPSA) is 86.8 Å². The molecule has 0 aliphatic carbocycles. The van der Waals surface area contributed by atoms with Crippen molar-refractivity contribution >= 4 is 27.5 Å². The normalized spacial score (nSPS) is 12.0. The number of anilines is 1. The fraction of sp³-hybridized carbons (Fsp3) is 0.355. The molecule has 1 N–H and O–H groups in total. The molecule has 0 saturated carbocycles. The van der Waals surface area contributed by atoms with E-state index in [2.05, 4.69) is 5.32 Å². The molecular formula is C31H39N3O4S. The van der Waals surface area contributed by atoms with Crippen LogP contribution in [0.3, 0.4) is 0 Å². The summed E-state index contributed by atoms with van der Waals surface area (Å²) in [6.45, 7) is 9.79. The Kier molecular flexibility index (Phi) is 10.3. The van der Waals surface area contributed by atoms with E-state index >= 15 is 0 Å². The maximum atomic E-state index is 14.1. The summed E-state index contributed by atoms with van der Waals surface area (Å²) in [7, 11) is -4.08. The summed E-state index contributed by atoms with van der Waals surface area (Å²) in [4.78, 5) is 28.9. The van der Waals surface area contributed by atoms with Crippen molar-refractivity contribution in [1.82, 2.24) is 10.2 Å². The number of sulfonamides is 1. The van der Waals surface area contributed by atoms with E-state index in [-0.39, 0.29) is 17.3 Å². The van der Waals surface area contributed by atoms with E-state index in [1.165, 1.54) is 21.3 Å². The molecule has 3 rings (SSSR count). The lowest BCUT2D eigenvalue weighted by Crippen LogP contribution is -2.52. The molecule has 0 aromatic heterocycles. The number of amides is 2. The van der Waals surface area contributed by atoms with Crippen LogP contribution in [0, 0.1) is 20.8 Å². The van der Waals surface area contributed by atoms with Gasteiger partial charge in [-0.25, -0.2) is 8.42 Å². The van der Waals surface area contributed by atoms with Crippen molar-refractivity contribution in [1.29, 1.82) is 0 Å². The first-order chi connectivity index (χ1) is 18.6. The second kappa shape index (κ2) is 13.4. The molecule has 0 spiro atoms. The van der Waals surface area contributed by atoms with Crippen LogP contribution in [0.4, 0.5) is 5.69 Å². The first-order valence-electron chi connectivity index (χ1n) is 13.4. The first-order valence-corrected chi connectivity index (χ1v) is 14.8. The van der Waals surface area contributed by atoms with E-state index < -0.39 is 28.5 Å². The number of hydrogen-bond donors (Lipinski definition) is 1. The van der Waals surface area contributed by atoms with Crippen molar-refractivity contribution in [3.05, 3.63) is 95.1 Å². The molecule has 0 aliphatic rings. The Bertz CT molecular complexity index is 1390. The Morgan fingerprint density at radius 1 is 0.897 bits per heavy atom. The van der Waals surface area contributed by atoms with Crippen LogP contribution in [0.5, 0.6) is 0 Å². The number of nitrogens with zero attached hydrogens (tertiary/aromatic N) is 2. The molecule has 0 aliphatic heterocycles. The van der Waals surface area contributed by atoms with Crippen molar-refractivity contribution in [3.63, 3.8) is 0 Å². The highest BCUT2D eigenvalue weighted by molar-refractivity contribution is 7.92. The van der Waals surface area contributed by atoms with Gasteiger partial charge in [0.05, 0.1) is 10.6 Å². The Hall–Kier alpha value is -3.65. The number of rotatable bonds is 12. The summed E-state index contributed by atoms with van der Waals surface area (Å²) in [5.74, 6) is -0.694. The molecule has 0 saturated heterocycles. The molecule has 7 nitrogen and oxygen atoms in total. The number of carbonyl (C=O) groups is 2. The predicted octanol–water partition coefficient (Wildman–Crippen LogP) is 5.14. The van der Waals surface area contributed by atoms with E-state index in [4.69, 9.17) is 0 Å². The molecule has 0 fully saturated rings. The Morgan fingerprint density at radius 3 is 2.23 bits per heavy atom. The fourth-order valence-corrected chi connectivity index (χ4v) is 6.02. The van der Waals surface area contributed by atoms with Crippen LogP contribution in [0.1, 0.15) is 48.9 Å². The molecule has 3 aromatic carbocycles. The van der Waals surface area contributed by atoms with Gasteiger partial charge in [-0.15, -0.1) is 0 Å². The minimum Gasteiger partial charge on any atom is -0.354 e. The summed E-state index contributed by atoms with van der Waals surface area (Å²) >= 11 is 0. The zero-order valence-electron chi connectivity index (χ0n) is 23.5. The van der Waals surface area contributed by atoms with Crippen LogP contribution in [-0.2, 0) is 26.2 Å². The Labute approximate surface area is 232 Å². The van der Waals surface area contributed by atoms with Crippen LogP contribution in [-0.4, -0.2) is 44.3 Å². The van der Waals surface area contributed by atoms with Gasteiger partial charge in [-0.3, -0.25) is 13.9 Å². The highest BCUT2D eigenvalue weighted by atomic mass is 32.2. The van der Waals surface area contributed by atoms with Crippen molar-refractivity contribution in [2.24, 2.45) is 0 Å². The van der Waals surface area contributed by atoms with Crippen molar-refractivity contribution in [2.75, 3.05) is 17.4 Å². The molecule has 0 heterocycles. The summed E-state index contributed by atoms with van der Waals surface area (Å²) in [5.41, 5.74) is 4.02. The third-order valence-electron chi connectivity index (χ3n) is 6.83. The largest absolute Gasteiger partial charge is 0.354 e. The predicted molar refractivity (Wildman–Crippen MR) is 156 cm³/mol. The van der Waals surface area contributed by atoms with Gasteiger partial charge in [0.25, 0.3) is 10.0 Å². The summed E-state index contributed by atoms with van der Waals surface area (Å²) in [6.07, 6.45) is 1.16. The van der Waals surface area contributed by atoms with E-state index in [9.17, 15) is 18.0 Å². The monoisotopic (exact) mass is 549 g/mol. The van der Waals surface area contributed by atoms with Gasteiger partial charge in [-0.2, -0.15) is 0 Å². The first kappa shape index (κ1) is 29.9. The number of aryl methyl sites for hydroxylation is 2. The van der Waals surface area contributed by atoms with Gasteiger partial charge in [-0.1, -0.05) is 74.0 Å². The molecule has 208 valence electrons. The van der Waals surface area contributed by atoms with Crippen molar-refractivity contribution in [3.8, 4) is 0 Å². The maximum Gasteiger partial charge on any atom is 0.264 e.